The molecular weight excluding hydrogens is 330 g/mol. The van der Waals surface area contributed by atoms with Gasteiger partial charge in [0.2, 0.25) is 0 Å². The Bertz CT molecular complexity index is 666. The molecule has 2 aromatic rings. The first-order chi connectivity index (χ1) is 12.4. The third kappa shape index (κ3) is 4.19. The Balaban J connectivity index is 1.39. The predicted molar refractivity (Wildman–Crippen MR) is 103 cm³/mol. The van der Waals surface area contributed by atoms with Crippen LogP contribution in [0.4, 0.5) is 5.82 Å². The summed E-state index contributed by atoms with van der Waals surface area (Å²) in [6.07, 6.45) is 7.48. The van der Waals surface area contributed by atoms with Gasteiger partial charge in [-0.1, -0.05) is 6.07 Å². The van der Waals surface area contributed by atoms with E-state index in [0.29, 0.717) is 6.04 Å². The SMILES string of the molecule is c1csc(CCNc2ncnc3c2CCN([C@@H]2CCCNC2)CC3)c1. The van der Waals surface area contributed by atoms with Crippen molar-refractivity contribution in [2.75, 3.05) is 38.0 Å². The highest BCUT2D eigenvalue weighted by atomic mass is 32.1. The van der Waals surface area contributed by atoms with Gasteiger partial charge in [0.05, 0.1) is 5.69 Å². The second-order valence-corrected chi connectivity index (χ2v) is 7.97. The lowest BCUT2D eigenvalue weighted by Crippen LogP contribution is -2.46. The lowest BCUT2D eigenvalue weighted by Gasteiger charge is -2.33. The van der Waals surface area contributed by atoms with Crippen molar-refractivity contribution in [2.24, 2.45) is 0 Å². The first-order valence-corrected chi connectivity index (χ1v) is 10.3. The average Bonchev–Trinajstić information content (AvgIpc) is 3.07. The van der Waals surface area contributed by atoms with Gasteiger partial charge in [-0.15, -0.1) is 11.3 Å². The Morgan fingerprint density at radius 3 is 3.08 bits per heavy atom. The van der Waals surface area contributed by atoms with Crippen LogP contribution >= 0.6 is 11.3 Å². The number of rotatable bonds is 5. The standard InChI is InChI=1S/C19H27N5S/c1-3-15(13-20-8-1)24-10-6-17-18(7-11-24)22-14-23-19(17)21-9-5-16-4-2-12-25-16/h2,4,12,14-15,20H,1,3,5-11,13H2,(H,21,22,23)/t15-/m1/s1. The Labute approximate surface area is 153 Å². The molecule has 0 aliphatic carbocycles. The third-order valence-corrected chi connectivity index (χ3v) is 6.29. The van der Waals surface area contributed by atoms with Crippen LogP contribution in [0.25, 0.3) is 0 Å². The molecule has 4 rings (SSSR count). The molecule has 0 spiro atoms. The van der Waals surface area contributed by atoms with E-state index in [1.165, 1.54) is 35.5 Å². The van der Waals surface area contributed by atoms with Gasteiger partial charge in [-0.25, -0.2) is 9.97 Å². The molecule has 0 amide bonds. The fourth-order valence-electron chi connectivity index (χ4n) is 3.97. The largest absolute Gasteiger partial charge is 0.369 e. The predicted octanol–water partition coefficient (Wildman–Crippen LogP) is 2.35. The number of fused-ring (bicyclic) bond motifs is 1. The number of thiophene rings is 1. The smallest absolute Gasteiger partial charge is 0.132 e. The van der Waals surface area contributed by atoms with E-state index in [2.05, 4.69) is 43.0 Å². The van der Waals surface area contributed by atoms with Crippen molar-refractivity contribution < 1.29 is 0 Å². The molecule has 25 heavy (non-hydrogen) atoms. The Hall–Kier alpha value is -1.50. The van der Waals surface area contributed by atoms with Gasteiger partial charge in [0.25, 0.3) is 0 Å². The lowest BCUT2D eigenvalue weighted by atomic mass is 10.1. The second-order valence-electron chi connectivity index (χ2n) is 6.94. The summed E-state index contributed by atoms with van der Waals surface area (Å²) in [6.45, 7) is 5.47. The van der Waals surface area contributed by atoms with E-state index in [1.54, 1.807) is 6.33 Å². The minimum atomic E-state index is 0.686. The van der Waals surface area contributed by atoms with E-state index in [0.717, 1.165) is 51.3 Å². The van der Waals surface area contributed by atoms with Crippen LogP contribution in [0.5, 0.6) is 0 Å². The molecular formula is C19H27N5S. The van der Waals surface area contributed by atoms with Crippen LogP contribution in [0.3, 0.4) is 0 Å². The van der Waals surface area contributed by atoms with E-state index in [-0.39, 0.29) is 0 Å². The third-order valence-electron chi connectivity index (χ3n) is 5.35. The van der Waals surface area contributed by atoms with Crippen molar-refractivity contribution in [2.45, 2.75) is 38.1 Å². The molecule has 0 bridgehead atoms. The van der Waals surface area contributed by atoms with Crippen molar-refractivity contribution in [3.63, 3.8) is 0 Å². The van der Waals surface area contributed by atoms with Gasteiger partial charge in [-0.2, -0.15) is 0 Å². The number of nitrogens with zero attached hydrogens (tertiary/aromatic N) is 3. The first kappa shape index (κ1) is 16.9. The highest BCUT2D eigenvalue weighted by molar-refractivity contribution is 7.09. The molecule has 1 fully saturated rings. The van der Waals surface area contributed by atoms with E-state index < -0.39 is 0 Å². The van der Waals surface area contributed by atoms with Gasteiger partial charge in [0.15, 0.2) is 0 Å². The number of nitrogens with one attached hydrogen (secondary N) is 2. The number of hydrogen-bond acceptors (Lipinski definition) is 6. The fraction of sp³-hybridized carbons (Fsp3) is 0.579. The van der Waals surface area contributed by atoms with Crippen LogP contribution < -0.4 is 10.6 Å². The molecule has 134 valence electrons. The molecule has 0 radical (unpaired) electrons. The number of anilines is 1. The summed E-state index contributed by atoms with van der Waals surface area (Å²) < 4.78 is 0. The topological polar surface area (TPSA) is 53.1 Å². The zero-order chi connectivity index (χ0) is 16.9. The van der Waals surface area contributed by atoms with Gasteiger partial charge in [-0.05, 0) is 43.7 Å². The van der Waals surface area contributed by atoms with Crippen molar-refractivity contribution >= 4 is 17.2 Å². The zero-order valence-corrected chi connectivity index (χ0v) is 15.5. The van der Waals surface area contributed by atoms with Gasteiger partial charge >= 0.3 is 0 Å². The molecule has 0 aromatic carbocycles. The number of hydrogen-bond donors (Lipinski definition) is 2. The van der Waals surface area contributed by atoms with E-state index >= 15 is 0 Å². The zero-order valence-electron chi connectivity index (χ0n) is 14.7. The molecule has 2 aliphatic rings. The summed E-state index contributed by atoms with van der Waals surface area (Å²) in [7, 11) is 0. The van der Waals surface area contributed by atoms with Crippen LogP contribution in [0.15, 0.2) is 23.8 Å². The Morgan fingerprint density at radius 2 is 2.24 bits per heavy atom. The maximum atomic E-state index is 4.59. The number of aromatic nitrogens is 2. The number of piperidine rings is 1. The Kier molecular flexibility index (Phi) is 5.59. The molecule has 6 heteroatoms. The Morgan fingerprint density at radius 1 is 1.28 bits per heavy atom. The minimum absolute atomic E-state index is 0.686. The molecule has 0 unspecified atom stereocenters. The van der Waals surface area contributed by atoms with Crippen LogP contribution in [0.2, 0.25) is 0 Å². The molecule has 4 heterocycles. The van der Waals surface area contributed by atoms with E-state index in [4.69, 9.17) is 0 Å². The summed E-state index contributed by atoms with van der Waals surface area (Å²) in [5.41, 5.74) is 2.57. The molecule has 0 saturated carbocycles. The summed E-state index contributed by atoms with van der Waals surface area (Å²) in [6, 6.07) is 5.00. The fourth-order valence-corrected chi connectivity index (χ4v) is 4.67. The van der Waals surface area contributed by atoms with Crippen molar-refractivity contribution in [3.8, 4) is 0 Å². The summed E-state index contributed by atoms with van der Waals surface area (Å²) in [5.74, 6) is 1.05. The lowest BCUT2D eigenvalue weighted by molar-refractivity contribution is 0.173. The van der Waals surface area contributed by atoms with Crippen LogP contribution in [0.1, 0.15) is 29.0 Å². The van der Waals surface area contributed by atoms with Crippen LogP contribution in [0, 0.1) is 0 Å². The molecule has 1 atom stereocenters. The van der Waals surface area contributed by atoms with E-state index in [9.17, 15) is 0 Å². The van der Waals surface area contributed by atoms with Crippen molar-refractivity contribution in [3.05, 3.63) is 40.0 Å². The molecule has 1 saturated heterocycles. The summed E-state index contributed by atoms with van der Waals surface area (Å²) >= 11 is 1.82. The first-order valence-electron chi connectivity index (χ1n) is 9.44. The molecule has 5 nitrogen and oxygen atoms in total. The highest BCUT2D eigenvalue weighted by Crippen LogP contribution is 2.23. The monoisotopic (exact) mass is 357 g/mol. The summed E-state index contributed by atoms with van der Waals surface area (Å²) in [4.78, 5) is 13.2. The van der Waals surface area contributed by atoms with Crippen molar-refractivity contribution in [1.29, 1.82) is 0 Å². The van der Waals surface area contributed by atoms with E-state index in [1.807, 2.05) is 11.3 Å². The summed E-state index contributed by atoms with van der Waals surface area (Å²) in [5, 5.41) is 9.24. The normalized spacial score (nSPS) is 21.5. The van der Waals surface area contributed by atoms with Gasteiger partial charge in [-0.3, -0.25) is 4.90 Å². The van der Waals surface area contributed by atoms with Gasteiger partial charge < -0.3 is 10.6 Å². The maximum absolute atomic E-state index is 4.59. The maximum Gasteiger partial charge on any atom is 0.132 e. The highest BCUT2D eigenvalue weighted by Gasteiger charge is 2.24. The van der Waals surface area contributed by atoms with Crippen LogP contribution in [-0.2, 0) is 19.3 Å². The molecule has 2 aromatic heterocycles. The molecule has 2 aliphatic heterocycles. The van der Waals surface area contributed by atoms with Gasteiger partial charge in [0, 0.05) is 49.1 Å². The molecule has 2 N–H and O–H groups in total. The quantitative estimate of drug-likeness (QED) is 0.860. The van der Waals surface area contributed by atoms with Crippen LogP contribution in [-0.4, -0.2) is 53.6 Å². The average molecular weight is 358 g/mol. The van der Waals surface area contributed by atoms with Gasteiger partial charge in [0.1, 0.15) is 12.1 Å². The van der Waals surface area contributed by atoms with Crippen molar-refractivity contribution in [1.82, 2.24) is 20.2 Å². The minimum Gasteiger partial charge on any atom is -0.369 e. The second kappa shape index (κ2) is 8.25.